The number of hydrogen-bond acceptors (Lipinski definition) is 4. The Morgan fingerprint density at radius 3 is 2.94 bits per heavy atom. The van der Waals surface area contributed by atoms with Gasteiger partial charge in [0.2, 0.25) is 0 Å². The van der Waals surface area contributed by atoms with Gasteiger partial charge in [0.05, 0.1) is 17.9 Å². The molecule has 1 aromatic heterocycles. The van der Waals surface area contributed by atoms with Gasteiger partial charge in [0.15, 0.2) is 5.17 Å². The quantitative estimate of drug-likeness (QED) is 0.873. The molecule has 3 nitrogen and oxygen atoms in total. The van der Waals surface area contributed by atoms with E-state index in [0.29, 0.717) is 12.0 Å². The molecule has 1 unspecified atom stereocenters. The number of aryl methyl sites for hydroxylation is 1. The summed E-state index contributed by atoms with van der Waals surface area (Å²) in [6.07, 6.45) is 4.88. The molecule has 1 atom stereocenters. The summed E-state index contributed by atoms with van der Waals surface area (Å²) in [4.78, 5) is 8.92. The summed E-state index contributed by atoms with van der Waals surface area (Å²) in [6.45, 7) is 6.51. The molecule has 0 radical (unpaired) electrons. The lowest BCUT2D eigenvalue weighted by Crippen LogP contribution is -2.23. The van der Waals surface area contributed by atoms with Crippen LogP contribution in [0.1, 0.15) is 25.8 Å². The maximum atomic E-state index is 4.75. The van der Waals surface area contributed by atoms with Crippen molar-refractivity contribution >= 4 is 22.6 Å². The minimum Gasteiger partial charge on any atom is -0.334 e. The number of rotatable bonds is 2. The van der Waals surface area contributed by atoms with E-state index in [0.717, 1.165) is 22.2 Å². The van der Waals surface area contributed by atoms with Crippen LogP contribution in [0.2, 0.25) is 0 Å². The number of thioether (sulfide) groups is 1. The summed E-state index contributed by atoms with van der Waals surface area (Å²) in [5.41, 5.74) is 2.19. The molecule has 1 aliphatic rings. The van der Waals surface area contributed by atoms with Crippen LogP contribution in [-0.2, 0) is 0 Å². The smallest absolute Gasteiger partial charge is 0.161 e. The second kappa shape index (κ2) is 5.54. The third kappa shape index (κ3) is 3.46. The highest BCUT2D eigenvalue weighted by Crippen LogP contribution is 2.23. The molecule has 0 saturated carbocycles. The van der Waals surface area contributed by atoms with Crippen molar-refractivity contribution in [3.63, 3.8) is 0 Å². The molecule has 1 N–H and O–H groups in total. The molecule has 17 heavy (non-hydrogen) atoms. The van der Waals surface area contributed by atoms with Gasteiger partial charge in [-0.2, -0.15) is 0 Å². The van der Waals surface area contributed by atoms with Crippen LogP contribution in [0.4, 0.5) is 5.69 Å². The molecule has 0 saturated heterocycles. The number of hydrogen-bond donors (Lipinski definition) is 1. The summed E-state index contributed by atoms with van der Waals surface area (Å²) in [6, 6.07) is 2.55. The summed E-state index contributed by atoms with van der Waals surface area (Å²) in [5.74, 6) is 1.76. The first kappa shape index (κ1) is 12.4. The van der Waals surface area contributed by atoms with Crippen molar-refractivity contribution in [3.8, 4) is 0 Å². The summed E-state index contributed by atoms with van der Waals surface area (Å²) >= 11 is 1.80. The zero-order valence-electron chi connectivity index (χ0n) is 10.6. The minimum absolute atomic E-state index is 0.455. The first-order valence-electron chi connectivity index (χ1n) is 6.04. The average molecular weight is 249 g/mol. The number of nitrogens with zero attached hydrogens (tertiary/aromatic N) is 2. The first-order valence-corrected chi connectivity index (χ1v) is 7.03. The Labute approximate surface area is 107 Å². The molecule has 4 heteroatoms. The Morgan fingerprint density at radius 2 is 2.24 bits per heavy atom. The molecule has 0 fully saturated rings. The maximum Gasteiger partial charge on any atom is 0.161 e. The zero-order valence-corrected chi connectivity index (χ0v) is 11.4. The van der Waals surface area contributed by atoms with Crippen molar-refractivity contribution in [2.75, 3.05) is 11.1 Å². The number of pyridine rings is 1. The Balaban J connectivity index is 2.08. The van der Waals surface area contributed by atoms with Crippen LogP contribution in [0.3, 0.4) is 0 Å². The van der Waals surface area contributed by atoms with Crippen LogP contribution >= 0.6 is 11.8 Å². The van der Waals surface area contributed by atoms with Crippen LogP contribution in [-0.4, -0.2) is 21.9 Å². The Kier molecular flexibility index (Phi) is 4.05. The van der Waals surface area contributed by atoms with E-state index in [-0.39, 0.29) is 0 Å². The van der Waals surface area contributed by atoms with Crippen LogP contribution < -0.4 is 5.32 Å². The molecular formula is C13H19N3S. The van der Waals surface area contributed by atoms with Crippen molar-refractivity contribution in [1.29, 1.82) is 0 Å². The Morgan fingerprint density at radius 1 is 1.41 bits per heavy atom. The fourth-order valence-corrected chi connectivity index (χ4v) is 2.78. The van der Waals surface area contributed by atoms with E-state index in [1.807, 2.05) is 19.3 Å². The van der Waals surface area contributed by atoms with E-state index >= 15 is 0 Å². The van der Waals surface area contributed by atoms with Crippen molar-refractivity contribution < 1.29 is 0 Å². The van der Waals surface area contributed by atoms with Crippen LogP contribution in [0, 0.1) is 12.8 Å². The number of anilines is 1. The van der Waals surface area contributed by atoms with Crippen molar-refractivity contribution in [1.82, 2.24) is 4.98 Å². The molecule has 0 aliphatic carbocycles. The standard InChI is InChI=1S/C13H19N3S/c1-9(2)12-4-5-17-13(16-12)15-11-6-10(3)7-14-8-11/h6-9,12H,4-5H2,1-3H3,(H,15,16). The third-order valence-corrected chi connectivity index (χ3v) is 3.75. The van der Waals surface area contributed by atoms with Gasteiger partial charge in [0, 0.05) is 11.9 Å². The van der Waals surface area contributed by atoms with Crippen LogP contribution in [0.25, 0.3) is 0 Å². The van der Waals surface area contributed by atoms with E-state index in [1.165, 1.54) is 6.42 Å². The van der Waals surface area contributed by atoms with Gasteiger partial charge in [-0.25, -0.2) is 0 Å². The number of aromatic nitrogens is 1. The molecule has 1 aliphatic heterocycles. The number of nitrogens with one attached hydrogen (secondary N) is 1. The predicted octanol–water partition coefficient (Wildman–Crippen LogP) is 3.32. The second-order valence-corrected chi connectivity index (χ2v) is 5.84. The lowest BCUT2D eigenvalue weighted by molar-refractivity contribution is 0.485. The van der Waals surface area contributed by atoms with Gasteiger partial charge in [0.1, 0.15) is 0 Å². The lowest BCUT2D eigenvalue weighted by atomic mass is 10.0. The van der Waals surface area contributed by atoms with E-state index < -0.39 is 0 Å². The number of amidine groups is 1. The van der Waals surface area contributed by atoms with Gasteiger partial charge < -0.3 is 5.32 Å². The fraction of sp³-hybridized carbons (Fsp3) is 0.538. The predicted molar refractivity (Wildman–Crippen MR) is 75.7 cm³/mol. The highest BCUT2D eigenvalue weighted by molar-refractivity contribution is 8.14. The van der Waals surface area contributed by atoms with Gasteiger partial charge in [-0.15, -0.1) is 0 Å². The van der Waals surface area contributed by atoms with Crippen LogP contribution in [0.15, 0.2) is 23.5 Å². The largest absolute Gasteiger partial charge is 0.334 e. The summed E-state index contributed by atoms with van der Waals surface area (Å²) < 4.78 is 0. The lowest BCUT2D eigenvalue weighted by Gasteiger charge is -2.23. The first-order chi connectivity index (χ1) is 8.15. The molecule has 0 spiro atoms. The molecule has 1 aromatic rings. The maximum absolute atomic E-state index is 4.75. The number of aliphatic imine (C=N–C) groups is 1. The second-order valence-electron chi connectivity index (χ2n) is 4.76. The fourth-order valence-electron chi connectivity index (χ4n) is 1.83. The Bertz CT molecular complexity index is 415. The van der Waals surface area contributed by atoms with Crippen molar-refractivity contribution in [2.24, 2.45) is 10.9 Å². The third-order valence-electron chi connectivity index (χ3n) is 2.83. The van der Waals surface area contributed by atoms with Gasteiger partial charge >= 0.3 is 0 Å². The molecular weight excluding hydrogens is 230 g/mol. The Hall–Kier alpha value is -1.03. The minimum atomic E-state index is 0.455. The normalized spacial score (nSPS) is 20.2. The van der Waals surface area contributed by atoms with Crippen molar-refractivity contribution in [2.45, 2.75) is 33.2 Å². The van der Waals surface area contributed by atoms with E-state index in [2.05, 4.69) is 30.2 Å². The van der Waals surface area contributed by atoms with E-state index in [4.69, 9.17) is 4.99 Å². The summed E-state index contributed by atoms with van der Waals surface area (Å²) in [7, 11) is 0. The van der Waals surface area contributed by atoms with Crippen LogP contribution in [0.5, 0.6) is 0 Å². The molecule has 2 heterocycles. The molecule has 0 bridgehead atoms. The highest BCUT2D eigenvalue weighted by atomic mass is 32.2. The molecule has 92 valence electrons. The van der Waals surface area contributed by atoms with E-state index in [1.54, 1.807) is 11.8 Å². The van der Waals surface area contributed by atoms with Gasteiger partial charge in [-0.05, 0) is 30.9 Å². The van der Waals surface area contributed by atoms with E-state index in [9.17, 15) is 0 Å². The zero-order chi connectivity index (χ0) is 12.3. The van der Waals surface area contributed by atoms with Gasteiger partial charge in [-0.1, -0.05) is 25.6 Å². The van der Waals surface area contributed by atoms with Gasteiger partial charge in [-0.3, -0.25) is 9.98 Å². The SMILES string of the molecule is Cc1cncc(NC2=NC(C(C)C)CCS2)c1. The highest BCUT2D eigenvalue weighted by Gasteiger charge is 2.18. The summed E-state index contributed by atoms with van der Waals surface area (Å²) in [5, 5.41) is 4.39. The molecule has 0 amide bonds. The molecule has 2 rings (SSSR count). The monoisotopic (exact) mass is 249 g/mol. The van der Waals surface area contributed by atoms with Gasteiger partial charge in [0.25, 0.3) is 0 Å². The topological polar surface area (TPSA) is 37.3 Å². The average Bonchev–Trinajstić information content (AvgIpc) is 2.29. The molecule has 0 aromatic carbocycles. The van der Waals surface area contributed by atoms with Crippen molar-refractivity contribution in [3.05, 3.63) is 24.0 Å².